The van der Waals surface area contributed by atoms with Crippen LogP contribution < -0.4 is 10.5 Å². The van der Waals surface area contributed by atoms with Crippen molar-refractivity contribution in [1.29, 1.82) is 0 Å². The minimum atomic E-state index is -3.16. The third-order valence-electron chi connectivity index (χ3n) is 2.62. The number of esters is 1. The summed E-state index contributed by atoms with van der Waals surface area (Å²) in [6, 6.07) is 4.75. The van der Waals surface area contributed by atoms with Gasteiger partial charge in [-0.05, 0) is 19.1 Å². The largest absolute Gasteiger partial charge is 0.491 e. The normalized spacial score (nSPS) is 11.1. The molecule has 112 valence electrons. The van der Waals surface area contributed by atoms with Crippen LogP contribution >= 0.6 is 0 Å². The smallest absolute Gasteiger partial charge is 0.342 e. The number of hydrogen-bond acceptors (Lipinski definition) is 6. The van der Waals surface area contributed by atoms with Crippen LogP contribution in [-0.4, -0.2) is 39.1 Å². The zero-order valence-electron chi connectivity index (χ0n) is 11.6. The molecule has 2 N–H and O–H groups in total. The zero-order chi connectivity index (χ0) is 15.2. The van der Waals surface area contributed by atoms with Gasteiger partial charge < -0.3 is 15.2 Å². The molecule has 0 fully saturated rings. The molecule has 0 radical (unpaired) electrons. The highest BCUT2D eigenvalue weighted by atomic mass is 32.2. The Kier molecular flexibility index (Phi) is 5.82. The maximum atomic E-state index is 11.9. The van der Waals surface area contributed by atoms with Crippen LogP contribution in [0.5, 0.6) is 5.75 Å². The second-order valence-electron chi connectivity index (χ2n) is 4.03. The van der Waals surface area contributed by atoms with Crippen LogP contribution in [0.1, 0.15) is 24.2 Å². The van der Waals surface area contributed by atoms with Crippen LogP contribution in [0.2, 0.25) is 0 Å². The minimum absolute atomic E-state index is 0.0209. The summed E-state index contributed by atoms with van der Waals surface area (Å²) in [5, 5.41) is 0. The molecule has 20 heavy (non-hydrogen) atoms. The Hall–Kier alpha value is -1.76. The van der Waals surface area contributed by atoms with E-state index in [1.165, 1.54) is 6.07 Å². The van der Waals surface area contributed by atoms with Gasteiger partial charge in [-0.25, -0.2) is 13.2 Å². The van der Waals surface area contributed by atoms with E-state index < -0.39 is 15.8 Å². The SMILES string of the molecule is CCOc1c(N)cccc1C(=O)OCCS(=O)(=O)CC. The summed E-state index contributed by atoms with van der Waals surface area (Å²) in [7, 11) is -3.16. The van der Waals surface area contributed by atoms with Gasteiger partial charge in [0.1, 0.15) is 12.2 Å². The van der Waals surface area contributed by atoms with Gasteiger partial charge in [-0.2, -0.15) is 0 Å². The van der Waals surface area contributed by atoms with Crippen molar-refractivity contribution in [3.8, 4) is 5.75 Å². The Morgan fingerprint density at radius 3 is 2.60 bits per heavy atom. The predicted molar refractivity (Wildman–Crippen MR) is 76.6 cm³/mol. The summed E-state index contributed by atoms with van der Waals surface area (Å²) < 4.78 is 32.9. The molecule has 1 aromatic carbocycles. The molecule has 0 aliphatic rings. The number of ether oxygens (including phenoxy) is 2. The Morgan fingerprint density at radius 2 is 2.00 bits per heavy atom. The monoisotopic (exact) mass is 301 g/mol. The molecule has 0 spiro atoms. The topological polar surface area (TPSA) is 95.7 Å². The minimum Gasteiger partial charge on any atom is -0.491 e. The van der Waals surface area contributed by atoms with Gasteiger partial charge in [0, 0.05) is 5.75 Å². The Labute approximate surface area is 118 Å². The van der Waals surface area contributed by atoms with Gasteiger partial charge in [-0.15, -0.1) is 0 Å². The van der Waals surface area contributed by atoms with E-state index in [0.29, 0.717) is 12.3 Å². The van der Waals surface area contributed by atoms with Crippen molar-refractivity contribution in [2.75, 3.05) is 30.5 Å². The maximum Gasteiger partial charge on any atom is 0.342 e. The molecular weight excluding hydrogens is 282 g/mol. The first-order valence-corrected chi connectivity index (χ1v) is 8.12. The highest BCUT2D eigenvalue weighted by Gasteiger charge is 2.17. The van der Waals surface area contributed by atoms with Gasteiger partial charge in [0.05, 0.1) is 18.0 Å². The number of nitrogens with two attached hydrogens (primary N) is 1. The van der Waals surface area contributed by atoms with Gasteiger partial charge in [0.25, 0.3) is 0 Å². The highest BCUT2D eigenvalue weighted by molar-refractivity contribution is 7.91. The third kappa shape index (κ3) is 4.41. The first-order chi connectivity index (χ1) is 9.41. The number of rotatable bonds is 7. The molecule has 0 aliphatic carbocycles. The summed E-state index contributed by atoms with van der Waals surface area (Å²) in [4.78, 5) is 11.9. The van der Waals surface area contributed by atoms with Gasteiger partial charge in [-0.3, -0.25) is 0 Å². The molecule has 1 aromatic rings. The molecule has 0 saturated heterocycles. The van der Waals surface area contributed by atoms with E-state index in [9.17, 15) is 13.2 Å². The van der Waals surface area contributed by atoms with E-state index in [2.05, 4.69) is 0 Å². The second kappa shape index (κ2) is 7.14. The van der Waals surface area contributed by atoms with Crippen molar-refractivity contribution < 1.29 is 22.7 Å². The van der Waals surface area contributed by atoms with Gasteiger partial charge in [-0.1, -0.05) is 13.0 Å². The number of benzene rings is 1. The molecule has 0 aromatic heterocycles. The van der Waals surface area contributed by atoms with Crippen molar-refractivity contribution in [3.05, 3.63) is 23.8 Å². The molecule has 0 unspecified atom stereocenters. The van der Waals surface area contributed by atoms with Crippen LogP contribution in [0.25, 0.3) is 0 Å². The summed E-state index contributed by atoms with van der Waals surface area (Å²) in [5.74, 6) is -0.556. The molecule has 0 bridgehead atoms. The first-order valence-electron chi connectivity index (χ1n) is 6.30. The van der Waals surface area contributed by atoms with Crippen LogP contribution in [0.4, 0.5) is 5.69 Å². The molecule has 1 rings (SSSR count). The molecular formula is C13H19NO5S. The van der Waals surface area contributed by atoms with E-state index in [-0.39, 0.29) is 29.4 Å². The number of carbonyl (C=O) groups excluding carboxylic acids is 1. The lowest BCUT2D eigenvalue weighted by Gasteiger charge is -2.12. The molecule has 0 amide bonds. The van der Waals surface area contributed by atoms with Crippen molar-refractivity contribution in [3.63, 3.8) is 0 Å². The first kappa shape index (κ1) is 16.3. The lowest BCUT2D eigenvalue weighted by atomic mass is 10.2. The zero-order valence-corrected chi connectivity index (χ0v) is 12.4. The second-order valence-corrected chi connectivity index (χ2v) is 6.50. The van der Waals surface area contributed by atoms with Crippen molar-refractivity contribution >= 4 is 21.5 Å². The number of carbonyl (C=O) groups is 1. The van der Waals surface area contributed by atoms with Gasteiger partial charge in [0.2, 0.25) is 0 Å². The van der Waals surface area contributed by atoms with E-state index in [1.54, 1.807) is 26.0 Å². The van der Waals surface area contributed by atoms with Crippen molar-refractivity contribution in [2.45, 2.75) is 13.8 Å². The average molecular weight is 301 g/mol. The molecule has 0 heterocycles. The standard InChI is InChI=1S/C13H19NO5S/c1-3-18-12-10(6-5-7-11(12)14)13(15)19-8-9-20(16,17)4-2/h5-7H,3-4,8-9,14H2,1-2H3. The lowest BCUT2D eigenvalue weighted by molar-refractivity contribution is 0.0525. The van der Waals surface area contributed by atoms with E-state index in [1.807, 2.05) is 0 Å². The fourth-order valence-electron chi connectivity index (χ4n) is 1.50. The summed E-state index contributed by atoms with van der Waals surface area (Å²) in [5.41, 5.74) is 6.27. The van der Waals surface area contributed by atoms with E-state index in [4.69, 9.17) is 15.2 Å². The van der Waals surface area contributed by atoms with Gasteiger partial charge >= 0.3 is 5.97 Å². The van der Waals surface area contributed by atoms with Crippen LogP contribution in [0.3, 0.4) is 0 Å². The molecule has 0 aliphatic heterocycles. The lowest BCUT2D eigenvalue weighted by Crippen LogP contribution is -2.17. The maximum absolute atomic E-state index is 11.9. The number of hydrogen-bond donors (Lipinski definition) is 1. The quantitative estimate of drug-likeness (QED) is 0.601. The van der Waals surface area contributed by atoms with Crippen LogP contribution in [-0.2, 0) is 14.6 Å². The fraction of sp³-hybridized carbons (Fsp3) is 0.462. The van der Waals surface area contributed by atoms with Crippen LogP contribution in [0.15, 0.2) is 18.2 Å². The van der Waals surface area contributed by atoms with E-state index >= 15 is 0 Å². The molecule has 0 atom stereocenters. The Morgan fingerprint density at radius 1 is 1.30 bits per heavy atom. The highest BCUT2D eigenvalue weighted by Crippen LogP contribution is 2.26. The van der Waals surface area contributed by atoms with Crippen LogP contribution in [0, 0.1) is 0 Å². The fourth-order valence-corrected chi connectivity index (χ4v) is 2.13. The average Bonchev–Trinajstić information content (AvgIpc) is 2.41. The summed E-state index contributed by atoms with van der Waals surface area (Å²) in [6.07, 6.45) is 0. The summed E-state index contributed by atoms with van der Waals surface area (Å²) in [6.45, 7) is 3.49. The third-order valence-corrected chi connectivity index (χ3v) is 4.29. The number of nitrogen functional groups attached to an aromatic ring is 1. The number of anilines is 1. The molecule has 7 heteroatoms. The van der Waals surface area contributed by atoms with Crippen molar-refractivity contribution in [2.24, 2.45) is 0 Å². The molecule has 0 saturated carbocycles. The summed E-state index contributed by atoms with van der Waals surface area (Å²) >= 11 is 0. The van der Waals surface area contributed by atoms with E-state index in [0.717, 1.165) is 0 Å². The van der Waals surface area contributed by atoms with Gasteiger partial charge in [0.15, 0.2) is 15.6 Å². The predicted octanol–water partition coefficient (Wildman–Crippen LogP) is 1.26. The van der Waals surface area contributed by atoms with Crippen molar-refractivity contribution in [1.82, 2.24) is 0 Å². The Bertz CT molecular complexity index is 568. The number of sulfone groups is 1. The molecule has 6 nitrogen and oxygen atoms in total. The number of para-hydroxylation sites is 1. The Balaban J connectivity index is 2.75.